The largest absolute Gasteiger partial charge is 0.494 e. The van der Waals surface area contributed by atoms with Gasteiger partial charge in [-0.3, -0.25) is 4.99 Å². The van der Waals surface area contributed by atoms with Crippen LogP contribution in [-0.4, -0.2) is 32.7 Å². The van der Waals surface area contributed by atoms with E-state index in [1.165, 1.54) is 5.56 Å². The normalized spacial score (nSPS) is 10.7. The van der Waals surface area contributed by atoms with Crippen molar-refractivity contribution in [2.24, 2.45) is 4.99 Å². The molecular formula is C16H28IN3O. The first-order valence-electron chi connectivity index (χ1n) is 7.40. The minimum Gasteiger partial charge on any atom is -0.494 e. The van der Waals surface area contributed by atoms with Crippen LogP contribution in [0.3, 0.4) is 0 Å². The molecular weight excluding hydrogens is 377 g/mol. The van der Waals surface area contributed by atoms with Crippen molar-refractivity contribution in [3.63, 3.8) is 0 Å². The molecule has 0 unspecified atom stereocenters. The van der Waals surface area contributed by atoms with Crippen LogP contribution in [0.15, 0.2) is 29.3 Å². The summed E-state index contributed by atoms with van der Waals surface area (Å²) in [6.07, 6.45) is 3.20. The minimum atomic E-state index is 0. The van der Waals surface area contributed by atoms with Crippen LogP contribution in [0.4, 0.5) is 0 Å². The van der Waals surface area contributed by atoms with Crippen LogP contribution in [0.2, 0.25) is 0 Å². The Bertz CT molecular complexity index is 393. The number of unbranched alkanes of at least 4 members (excludes halogenated alkanes) is 1. The average molecular weight is 405 g/mol. The summed E-state index contributed by atoms with van der Waals surface area (Å²) in [4.78, 5) is 4.16. The van der Waals surface area contributed by atoms with Gasteiger partial charge in [-0.05, 0) is 38.3 Å². The van der Waals surface area contributed by atoms with Crippen molar-refractivity contribution in [3.05, 3.63) is 29.8 Å². The molecule has 0 heterocycles. The Morgan fingerprint density at radius 3 is 2.38 bits per heavy atom. The average Bonchev–Trinajstić information content (AvgIpc) is 2.47. The zero-order chi connectivity index (χ0) is 14.6. The summed E-state index contributed by atoms with van der Waals surface area (Å²) in [6.45, 7) is 6.85. The first-order valence-corrected chi connectivity index (χ1v) is 7.40. The Morgan fingerprint density at radius 2 is 1.76 bits per heavy atom. The van der Waals surface area contributed by atoms with Crippen molar-refractivity contribution in [1.82, 2.24) is 10.6 Å². The van der Waals surface area contributed by atoms with Gasteiger partial charge in [0.05, 0.1) is 6.61 Å². The number of halogens is 1. The Balaban J connectivity index is 0.00000400. The van der Waals surface area contributed by atoms with Gasteiger partial charge < -0.3 is 15.4 Å². The molecule has 0 aromatic heterocycles. The highest BCUT2D eigenvalue weighted by Crippen LogP contribution is 2.11. The van der Waals surface area contributed by atoms with Crippen molar-refractivity contribution in [2.45, 2.75) is 33.1 Å². The molecule has 5 heteroatoms. The van der Waals surface area contributed by atoms with Gasteiger partial charge in [-0.15, -0.1) is 24.0 Å². The first kappa shape index (κ1) is 20.0. The van der Waals surface area contributed by atoms with E-state index in [-0.39, 0.29) is 24.0 Å². The van der Waals surface area contributed by atoms with Gasteiger partial charge >= 0.3 is 0 Å². The molecule has 2 N–H and O–H groups in total. The summed E-state index contributed by atoms with van der Waals surface area (Å²) < 4.78 is 5.69. The maximum atomic E-state index is 5.69. The molecule has 0 fully saturated rings. The van der Waals surface area contributed by atoms with E-state index in [4.69, 9.17) is 4.74 Å². The maximum Gasteiger partial charge on any atom is 0.190 e. The Hall–Kier alpha value is -0.980. The number of nitrogens with zero attached hydrogens (tertiary/aromatic N) is 1. The monoisotopic (exact) mass is 405 g/mol. The zero-order valence-electron chi connectivity index (χ0n) is 13.3. The molecule has 4 nitrogen and oxygen atoms in total. The summed E-state index contributed by atoms with van der Waals surface area (Å²) in [5, 5.41) is 6.54. The van der Waals surface area contributed by atoms with E-state index in [0.29, 0.717) is 0 Å². The molecule has 0 aliphatic rings. The van der Waals surface area contributed by atoms with Crippen molar-refractivity contribution < 1.29 is 4.74 Å². The minimum absolute atomic E-state index is 0. The standard InChI is InChI=1S/C16H27N3O.HI/c1-4-11-18-16(17-3)19-12-5-6-13-20-15-9-7-14(2)8-10-15;/h7-10H,4-6,11-13H2,1-3H3,(H2,17,18,19);1H. The molecule has 0 aliphatic carbocycles. The number of hydrogen-bond acceptors (Lipinski definition) is 2. The fraction of sp³-hybridized carbons (Fsp3) is 0.562. The van der Waals surface area contributed by atoms with E-state index >= 15 is 0 Å². The highest BCUT2D eigenvalue weighted by atomic mass is 127. The van der Waals surface area contributed by atoms with Crippen molar-refractivity contribution in [3.8, 4) is 5.75 Å². The fourth-order valence-electron chi connectivity index (χ4n) is 1.72. The third-order valence-corrected chi connectivity index (χ3v) is 2.92. The van der Waals surface area contributed by atoms with E-state index in [0.717, 1.165) is 50.7 Å². The summed E-state index contributed by atoms with van der Waals surface area (Å²) in [5.74, 6) is 1.83. The van der Waals surface area contributed by atoms with Crippen LogP contribution >= 0.6 is 24.0 Å². The molecule has 0 atom stereocenters. The Kier molecular flexibility index (Phi) is 12.1. The van der Waals surface area contributed by atoms with E-state index in [9.17, 15) is 0 Å². The predicted octanol–water partition coefficient (Wildman–Crippen LogP) is 3.35. The fourth-order valence-corrected chi connectivity index (χ4v) is 1.72. The number of aryl methyl sites for hydroxylation is 1. The number of guanidine groups is 1. The van der Waals surface area contributed by atoms with Crippen LogP contribution in [0.5, 0.6) is 5.75 Å². The third-order valence-electron chi connectivity index (χ3n) is 2.92. The number of ether oxygens (including phenoxy) is 1. The van der Waals surface area contributed by atoms with E-state index < -0.39 is 0 Å². The molecule has 1 aromatic rings. The second-order valence-electron chi connectivity index (χ2n) is 4.79. The number of aliphatic imine (C=N–C) groups is 1. The molecule has 0 saturated heterocycles. The topological polar surface area (TPSA) is 45.7 Å². The molecule has 1 rings (SSSR count). The molecule has 0 spiro atoms. The smallest absolute Gasteiger partial charge is 0.190 e. The van der Waals surface area contributed by atoms with Gasteiger partial charge in [0, 0.05) is 20.1 Å². The molecule has 0 amide bonds. The molecule has 21 heavy (non-hydrogen) atoms. The van der Waals surface area contributed by atoms with Gasteiger partial charge in [0.25, 0.3) is 0 Å². The van der Waals surface area contributed by atoms with Crippen LogP contribution in [0.1, 0.15) is 31.7 Å². The molecule has 0 saturated carbocycles. The maximum absolute atomic E-state index is 5.69. The third kappa shape index (κ3) is 9.55. The second-order valence-corrected chi connectivity index (χ2v) is 4.79. The van der Waals surface area contributed by atoms with Crippen molar-refractivity contribution >= 4 is 29.9 Å². The van der Waals surface area contributed by atoms with Crippen LogP contribution in [-0.2, 0) is 0 Å². The van der Waals surface area contributed by atoms with Crippen molar-refractivity contribution in [2.75, 3.05) is 26.7 Å². The van der Waals surface area contributed by atoms with E-state index in [1.54, 1.807) is 7.05 Å². The Morgan fingerprint density at radius 1 is 1.10 bits per heavy atom. The SMILES string of the molecule is CCCNC(=NC)NCCCCOc1ccc(C)cc1.I. The predicted molar refractivity (Wildman–Crippen MR) is 101 cm³/mol. The molecule has 0 radical (unpaired) electrons. The molecule has 0 bridgehead atoms. The lowest BCUT2D eigenvalue weighted by Crippen LogP contribution is -2.38. The lowest BCUT2D eigenvalue weighted by atomic mass is 10.2. The lowest BCUT2D eigenvalue weighted by Gasteiger charge is -2.11. The summed E-state index contributed by atoms with van der Waals surface area (Å²) >= 11 is 0. The number of hydrogen-bond donors (Lipinski definition) is 2. The van der Waals surface area contributed by atoms with Gasteiger partial charge in [0.1, 0.15) is 5.75 Å². The first-order chi connectivity index (χ1) is 9.76. The van der Waals surface area contributed by atoms with E-state index in [1.807, 2.05) is 12.1 Å². The van der Waals surface area contributed by atoms with Crippen LogP contribution in [0, 0.1) is 6.92 Å². The summed E-state index contributed by atoms with van der Waals surface area (Å²) in [7, 11) is 1.80. The molecule has 0 aliphatic heterocycles. The molecule has 1 aromatic carbocycles. The number of nitrogens with one attached hydrogen (secondary N) is 2. The van der Waals surface area contributed by atoms with Gasteiger partial charge in [0.15, 0.2) is 5.96 Å². The van der Waals surface area contributed by atoms with Gasteiger partial charge in [-0.25, -0.2) is 0 Å². The van der Waals surface area contributed by atoms with Gasteiger partial charge in [-0.1, -0.05) is 24.6 Å². The summed E-state index contributed by atoms with van der Waals surface area (Å²) in [5.41, 5.74) is 1.26. The lowest BCUT2D eigenvalue weighted by molar-refractivity contribution is 0.307. The highest BCUT2D eigenvalue weighted by molar-refractivity contribution is 14.0. The zero-order valence-corrected chi connectivity index (χ0v) is 15.6. The Labute approximate surface area is 145 Å². The van der Waals surface area contributed by atoms with Crippen LogP contribution < -0.4 is 15.4 Å². The van der Waals surface area contributed by atoms with Crippen LogP contribution in [0.25, 0.3) is 0 Å². The van der Waals surface area contributed by atoms with Crippen molar-refractivity contribution in [1.29, 1.82) is 0 Å². The van der Waals surface area contributed by atoms with Gasteiger partial charge in [-0.2, -0.15) is 0 Å². The summed E-state index contributed by atoms with van der Waals surface area (Å²) in [6, 6.07) is 8.18. The van der Waals surface area contributed by atoms with Gasteiger partial charge in [0.2, 0.25) is 0 Å². The molecule has 120 valence electrons. The second kappa shape index (κ2) is 12.7. The number of benzene rings is 1. The van der Waals surface area contributed by atoms with E-state index in [2.05, 4.69) is 41.6 Å². The highest BCUT2D eigenvalue weighted by Gasteiger charge is 1.96. The number of rotatable bonds is 8. The quantitative estimate of drug-likeness (QED) is 0.302.